The molecule has 0 radical (unpaired) electrons. The molecule has 1 saturated heterocycles. The number of morpholine rings is 1. The highest BCUT2D eigenvalue weighted by molar-refractivity contribution is 7.93. The van der Waals surface area contributed by atoms with Gasteiger partial charge in [0.25, 0.3) is 0 Å². The lowest BCUT2D eigenvalue weighted by atomic mass is 10.1. The van der Waals surface area contributed by atoms with Crippen molar-refractivity contribution in [2.75, 3.05) is 24.7 Å². The molecule has 1 aromatic rings. The summed E-state index contributed by atoms with van der Waals surface area (Å²) in [5.41, 5.74) is 0.572. The normalized spacial score (nSPS) is 23.6. The van der Waals surface area contributed by atoms with Crippen molar-refractivity contribution in [1.82, 2.24) is 9.97 Å². The summed E-state index contributed by atoms with van der Waals surface area (Å²) < 4.78 is 29.8. The average molecular weight is 325 g/mol. The highest BCUT2D eigenvalue weighted by Gasteiger charge is 2.48. The molecule has 0 spiro atoms. The van der Waals surface area contributed by atoms with Gasteiger partial charge in [-0.2, -0.15) is 0 Å². The summed E-state index contributed by atoms with van der Waals surface area (Å²) in [7, 11) is -3.21. The van der Waals surface area contributed by atoms with E-state index in [1.165, 1.54) is 6.33 Å². The molecule has 0 aromatic carbocycles. The molecule has 0 amide bonds. The summed E-state index contributed by atoms with van der Waals surface area (Å²) in [6, 6.07) is 2.04. The molecular formula is C15H23N3O3S. The van der Waals surface area contributed by atoms with Gasteiger partial charge in [-0.25, -0.2) is 18.4 Å². The Morgan fingerprint density at radius 1 is 1.32 bits per heavy atom. The predicted octanol–water partition coefficient (Wildman–Crippen LogP) is 1.51. The number of hydrogen-bond acceptors (Lipinski definition) is 6. The number of anilines is 1. The molecule has 1 atom stereocenters. The summed E-state index contributed by atoms with van der Waals surface area (Å²) in [5, 5.41) is -0.205. The fourth-order valence-electron chi connectivity index (χ4n) is 2.84. The van der Waals surface area contributed by atoms with Crippen LogP contribution in [0.15, 0.2) is 12.4 Å². The van der Waals surface area contributed by atoms with Gasteiger partial charge in [-0.15, -0.1) is 0 Å². The minimum Gasteiger partial charge on any atom is -0.377 e. The number of aromatic nitrogens is 2. The minimum atomic E-state index is -3.21. The topological polar surface area (TPSA) is 72.4 Å². The second-order valence-electron chi connectivity index (χ2n) is 6.63. The molecule has 0 bridgehead atoms. The Morgan fingerprint density at radius 2 is 2.05 bits per heavy atom. The predicted molar refractivity (Wildman–Crippen MR) is 84.6 cm³/mol. The second-order valence-corrected chi connectivity index (χ2v) is 9.41. The molecule has 3 rings (SSSR count). The van der Waals surface area contributed by atoms with Crippen LogP contribution in [0.1, 0.15) is 39.3 Å². The summed E-state index contributed by atoms with van der Waals surface area (Å²) in [5.74, 6) is 0.778. The molecule has 0 unspecified atom stereocenters. The van der Waals surface area contributed by atoms with Crippen molar-refractivity contribution in [2.24, 2.45) is 0 Å². The second kappa shape index (κ2) is 5.45. The van der Waals surface area contributed by atoms with E-state index < -0.39 is 14.6 Å². The van der Waals surface area contributed by atoms with Crippen molar-refractivity contribution in [2.45, 2.75) is 49.7 Å². The van der Waals surface area contributed by atoms with Crippen molar-refractivity contribution >= 4 is 15.7 Å². The van der Waals surface area contributed by atoms with E-state index in [2.05, 4.69) is 21.8 Å². The van der Waals surface area contributed by atoms with E-state index in [0.29, 0.717) is 18.9 Å². The van der Waals surface area contributed by atoms with Crippen LogP contribution >= 0.6 is 0 Å². The Labute approximate surface area is 131 Å². The quantitative estimate of drug-likeness (QED) is 0.835. The fraction of sp³-hybridized carbons (Fsp3) is 0.733. The van der Waals surface area contributed by atoms with Crippen LogP contribution in [0.2, 0.25) is 0 Å². The molecule has 22 heavy (non-hydrogen) atoms. The number of rotatable bonds is 4. The van der Waals surface area contributed by atoms with Gasteiger partial charge in [0.2, 0.25) is 0 Å². The van der Waals surface area contributed by atoms with Gasteiger partial charge in [0.15, 0.2) is 9.84 Å². The summed E-state index contributed by atoms with van der Waals surface area (Å²) in [6.07, 6.45) is 3.01. The maximum absolute atomic E-state index is 12.7. The highest BCUT2D eigenvalue weighted by Crippen LogP contribution is 2.41. The third kappa shape index (κ3) is 2.60. The monoisotopic (exact) mass is 325 g/mol. The van der Waals surface area contributed by atoms with Crippen LogP contribution in [0, 0.1) is 0 Å². The number of nitrogens with zero attached hydrogens (tertiary/aromatic N) is 3. The van der Waals surface area contributed by atoms with Gasteiger partial charge < -0.3 is 9.64 Å². The van der Waals surface area contributed by atoms with E-state index in [9.17, 15) is 8.42 Å². The van der Waals surface area contributed by atoms with Crippen LogP contribution in [0.25, 0.3) is 0 Å². The molecular weight excluding hydrogens is 302 g/mol. The molecule has 1 saturated carbocycles. The molecule has 122 valence electrons. The van der Waals surface area contributed by atoms with Gasteiger partial charge in [-0.3, -0.25) is 0 Å². The standard InChI is InChI=1S/C15H23N3O3S/c1-11-9-21-7-6-18(11)14-8-13(16-10-17-14)15(2,3)22(19,20)12-4-5-12/h8,10-12H,4-7,9H2,1-3H3/t11-/m0/s1. The number of hydrogen-bond donors (Lipinski definition) is 0. The van der Waals surface area contributed by atoms with Crippen LogP contribution < -0.4 is 4.90 Å². The molecule has 7 heteroatoms. The smallest absolute Gasteiger partial charge is 0.164 e. The molecule has 2 fully saturated rings. The van der Waals surface area contributed by atoms with Gasteiger partial charge >= 0.3 is 0 Å². The summed E-state index contributed by atoms with van der Waals surface area (Å²) in [6.45, 7) is 7.64. The van der Waals surface area contributed by atoms with E-state index >= 15 is 0 Å². The first-order valence-corrected chi connectivity index (χ1v) is 9.29. The number of ether oxygens (including phenoxy) is 1. The van der Waals surface area contributed by atoms with Crippen molar-refractivity contribution < 1.29 is 13.2 Å². The van der Waals surface area contributed by atoms with Crippen LogP contribution in [-0.2, 0) is 19.3 Å². The van der Waals surface area contributed by atoms with Crippen molar-refractivity contribution in [1.29, 1.82) is 0 Å². The van der Waals surface area contributed by atoms with Gasteiger partial charge in [-0.05, 0) is 33.6 Å². The zero-order valence-electron chi connectivity index (χ0n) is 13.3. The fourth-order valence-corrected chi connectivity index (χ4v) is 4.83. The first-order valence-electron chi connectivity index (χ1n) is 7.74. The largest absolute Gasteiger partial charge is 0.377 e. The van der Waals surface area contributed by atoms with E-state index in [4.69, 9.17) is 4.74 Å². The van der Waals surface area contributed by atoms with E-state index in [1.807, 2.05) is 6.07 Å². The van der Waals surface area contributed by atoms with Gasteiger partial charge in [0, 0.05) is 12.6 Å². The molecule has 6 nitrogen and oxygen atoms in total. The Morgan fingerprint density at radius 3 is 2.68 bits per heavy atom. The molecule has 0 N–H and O–H groups in total. The maximum atomic E-state index is 12.7. The van der Waals surface area contributed by atoms with Gasteiger partial charge in [0.05, 0.1) is 30.2 Å². The molecule has 1 aliphatic carbocycles. The van der Waals surface area contributed by atoms with Crippen molar-refractivity contribution in [3.63, 3.8) is 0 Å². The highest BCUT2D eigenvalue weighted by atomic mass is 32.2. The van der Waals surface area contributed by atoms with E-state index in [-0.39, 0.29) is 11.3 Å². The van der Waals surface area contributed by atoms with Gasteiger partial charge in [0.1, 0.15) is 16.9 Å². The zero-order chi connectivity index (χ0) is 16.0. The minimum absolute atomic E-state index is 0.205. The number of sulfone groups is 1. The Kier molecular flexibility index (Phi) is 3.89. The third-order valence-corrected chi connectivity index (χ3v) is 7.59. The SMILES string of the molecule is C[C@H]1COCCN1c1cc(C(C)(C)S(=O)(=O)C2CC2)ncn1. The molecule has 1 aliphatic heterocycles. The third-order valence-electron chi connectivity index (χ3n) is 4.61. The maximum Gasteiger partial charge on any atom is 0.164 e. The summed E-state index contributed by atoms with van der Waals surface area (Å²) in [4.78, 5) is 10.7. The van der Waals surface area contributed by atoms with Crippen LogP contribution in [0.4, 0.5) is 5.82 Å². The van der Waals surface area contributed by atoms with Crippen molar-refractivity contribution in [3.8, 4) is 0 Å². The average Bonchev–Trinajstić information content (AvgIpc) is 3.32. The van der Waals surface area contributed by atoms with Crippen LogP contribution in [0.3, 0.4) is 0 Å². The molecule has 1 aromatic heterocycles. The molecule has 2 aliphatic rings. The lowest BCUT2D eigenvalue weighted by molar-refractivity contribution is 0.0985. The van der Waals surface area contributed by atoms with Crippen molar-refractivity contribution in [3.05, 3.63) is 18.1 Å². The zero-order valence-corrected chi connectivity index (χ0v) is 14.1. The Hall–Kier alpha value is -1.21. The Balaban J connectivity index is 1.93. The molecule has 2 heterocycles. The van der Waals surface area contributed by atoms with Crippen LogP contribution in [-0.4, -0.2) is 49.4 Å². The Bertz CT molecular complexity index is 656. The lowest BCUT2D eigenvalue weighted by Gasteiger charge is -2.35. The van der Waals surface area contributed by atoms with Gasteiger partial charge in [-0.1, -0.05) is 0 Å². The summed E-state index contributed by atoms with van der Waals surface area (Å²) >= 11 is 0. The van der Waals surface area contributed by atoms with E-state index in [1.54, 1.807) is 13.8 Å². The first kappa shape index (κ1) is 15.7. The van der Waals surface area contributed by atoms with Crippen LogP contribution in [0.5, 0.6) is 0 Å². The first-order chi connectivity index (χ1) is 10.3. The van der Waals surface area contributed by atoms with E-state index in [0.717, 1.165) is 25.2 Å². The lowest BCUT2D eigenvalue weighted by Crippen LogP contribution is -2.44.